The Morgan fingerprint density at radius 2 is 2.08 bits per heavy atom. The van der Waals surface area contributed by atoms with Crippen LogP contribution in [0.4, 0.5) is 5.95 Å². The summed E-state index contributed by atoms with van der Waals surface area (Å²) in [7, 11) is 0. The summed E-state index contributed by atoms with van der Waals surface area (Å²) in [5.41, 5.74) is 0. The Balaban J connectivity index is 2.19. The maximum absolute atomic E-state index is 4.20. The molecule has 1 fully saturated rings. The van der Waals surface area contributed by atoms with E-state index in [1.165, 1.54) is 19.3 Å². The van der Waals surface area contributed by atoms with Gasteiger partial charge in [0, 0.05) is 12.1 Å². The molecule has 2 atom stereocenters. The summed E-state index contributed by atoms with van der Waals surface area (Å²) >= 11 is 0. The van der Waals surface area contributed by atoms with Crippen LogP contribution in [0.3, 0.4) is 0 Å². The summed E-state index contributed by atoms with van der Waals surface area (Å²) in [5.74, 6) is 0.916. The predicted octanol–water partition coefficient (Wildman–Crippen LogP) is 1.57. The average Bonchev–Trinajstić information content (AvgIpc) is 2.57. The van der Waals surface area contributed by atoms with Crippen molar-refractivity contribution in [1.29, 1.82) is 0 Å². The fourth-order valence-corrected chi connectivity index (χ4v) is 2.16. The number of H-pyrrole nitrogens is 1. The molecule has 4 heteroatoms. The molecule has 0 radical (unpaired) electrons. The lowest BCUT2D eigenvalue weighted by molar-refractivity contribution is 0.408. The monoisotopic (exact) mass is 180 g/mol. The van der Waals surface area contributed by atoms with Crippen molar-refractivity contribution in [2.45, 2.75) is 45.2 Å². The van der Waals surface area contributed by atoms with Crippen molar-refractivity contribution in [1.82, 2.24) is 15.2 Å². The van der Waals surface area contributed by atoms with Gasteiger partial charge in [-0.2, -0.15) is 10.1 Å². The fourth-order valence-electron chi connectivity index (χ4n) is 2.16. The number of aromatic amines is 1. The number of anilines is 1. The molecule has 1 aliphatic heterocycles. The maximum atomic E-state index is 4.20. The Bertz CT molecular complexity index is 247. The topological polar surface area (TPSA) is 44.8 Å². The Kier molecular flexibility index (Phi) is 2.20. The third kappa shape index (κ3) is 1.53. The van der Waals surface area contributed by atoms with E-state index in [0.29, 0.717) is 12.1 Å². The summed E-state index contributed by atoms with van der Waals surface area (Å²) in [6, 6.07) is 1.16. The van der Waals surface area contributed by atoms with Crippen LogP contribution in [0.2, 0.25) is 0 Å². The minimum Gasteiger partial charge on any atom is -0.336 e. The molecule has 1 aromatic heterocycles. The normalized spacial score (nSPS) is 29.2. The van der Waals surface area contributed by atoms with Gasteiger partial charge in [-0.3, -0.25) is 0 Å². The summed E-state index contributed by atoms with van der Waals surface area (Å²) in [4.78, 5) is 6.53. The predicted molar refractivity (Wildman–Crippen MR) is 51.6 cm³/mol. The van der Waals surface area contributed by atoms with Gasteiger partial charge in [-0.15, -0.1) is 0 Å². The summed E-state index contributed by atoms with van der Waals surface area (Å²) in [6.45, 7) is 4.50. The third-order valence-corrected chi connectivity index (χ3v) is 2.84. The smallest absolute Gasteiger partial charge is 0.221 e. The van der Waals surface area contributed by atoms with Crippen LogP contribution < -0.4 is 4.90 Å². The van der Waals surface area contributed by atoms with Crippen molar-refractivity contribution in [3.05, 3.63) is 6.33 Å². The van der Waals surface area contributed by atoms with Crippen LogP contribution in [0.15, 0.2) is 6.33 Å². The van der Waals surface area contributed by atoms with E-state index in [-0.39, 0.29) is 0 Å². The number of nitrogens with one attached hydrogen (secondary N) is 1. The molecule has 1 aliphatic rings. The van der Waals surface area contributed by atoms with E-state index in [9.17, 15) is 0 Å². The van der Waals surface area contributed by atoms with Crippen molar-refractivity contribution < 1.29 is 0 Å². The van der Waals surface area contributed by atoms with Gasteiger partial charge in [-0.25, -0.2) is 5.10 Å². The third-order valence-electron chi connectivity index (χ3n) is 2.84. The number of hydrogen-bond donors (Lipinski definition) is 1. The molecular formula is C9H16N4. The molecule has 2 heterocycles. The minimum atomic E-state index is 0.580. The van der Waals surface area contributed by atoms with Gasteiger partial charge in [0.15, 0.2) is 0 Å². The average molecular weight is 180 g/mol. The van der Waals surface area contributed by atoms with Gasteiger partial charge in [0.25, 0.3) is 0 Å². The summed E-state index contributed by atoms with van der Waals surface area (Å²) in [5, 5.41) is 6.82. The molecule has 4 nitrogen and oxygen atoms in total. The Morgan fingerprint density at radius 1 is 1.38 bits per heavy atom. The zero-order chi connectivity index (χ0) is 9.26. The highest BCUT2D eigenvalue weighted by Gasteiger charge is 2.26. The molecule has 1 saturated heterocycles. The molecule has 0 aromatic carbocycles. The van der Waals surface area contributed by atoms with Crippen molar-refractivity contribution in [2.75, 3.05) is 4.90 Å². The summed E-state index contributed by atoms with van der Waals surface area (Å²) < 4.78 is 0. The molecule has 1 aromatic rings. The first kappa shape index (κ1) is 8.53. The zero-order valence-electron chi connectivity index (χ0n) is 8.20. The highest BCUT2D eigenvalue weighted by atomic mass is 15.4. The second-order valence-electron chi connectivity index (χ2n) is 3.85. The standard InChI is InChI=1S/C9H16N4/c1-7-4-3-5-8(2)13(7)9-10-6-11-12-9/h6-8H,3-5H2,1-2H3,(H,10,11,12)/t7-,8+. The number of piperidine rings is 1. The van der Waals surface area contributed by atoms with Crippen LogP contribution in [0, 0.1) is 0 Å². The molecule has 13 heavy (non-hydrogen) atoms. The molecule has 0 unspecified atom stereocenters. The van der Waals surface area contributed by atoms with Crippen molar-refractivity contribution in [2.24, 2.45) is 0 Å². The van der Waals surface area contributed by atoms with Crippen LogP contribution in [0.1, 0.15) is 33.1 Å². The quantitative estimate of drug-likeness (QED) is 0.713. The molecule has 0 spiro atoms. The van der Waals surface area contributed by atoms with E-state index in [0.717, 1.165) is 5.95 Å². The SMILES string of the molecule is C[C@@H]1CCC[C@H](C)N1c1ncn[nH]1. The first-order valence-corrected chi connectivity index (χ1v) is 4.92. The summed E-state index contributed by atoms with van der Waals surface area (Å²) in [6.07, 6.45) is 5.41. The Labute approximate surface area is 78.4 Å². The Hall–Kier alpha value is -1.06. The van der Waals surface area contributed by atoms with Crippen LogP contribution in [-0.2, 0) is 0 Å². The van der Waals surface area contributed by atoms with Gasteiger partial charge in [0.05, 0.1) is 0 Å². The van der Waals surface area contributed by atoms with Crippen molar-refractivity contribution in [3.63, 3.8) is 0 Å². The van der Waals surface area contributed by atoms with Gasteiger partial charge in [-0.05, 0) is 33.1 Å². The van der Waals surface area contributed by atoms with E-state index in [4.69, 9.17) is 0 Å². The molecule has 72 valence electrons. The zero-order valence-corrected chi connectivity index (χ0v) is 8.20. The number of rotatable bonds is 1. The molecule has 0 bridgehead atoms. The lowest BCUT2D eigenvalue weighted by Gasteiger charge is -2.38. The molecule has 1 N–H and O–H groups in total. The van der Waals surface area contributed by atoms with E-state index in [2.05, 4.69) is 33.9 Å². The highest BCUT2D eigenvalue weighted by molar-refractivity contribution is 5.31. The molecule has 0 aliphatic carbocycles. The number of hydrogen-bond acceptors (Lipinski definition) is 3. The largest absolute Gasteiger partial charge is 0.336 e. The number of nitrogens with zero attached hydrogens (tertiary/aromatic N) is 3. The lowest BCUT2D eigenvalue weighted by atomic mass is 9.98. The van der Waals surface area contributed by atoms with Gasteiger partial charge in [0.1, 0.15) is 6.33 Å². The van der Waals surface area contributed by atoms with Gasteiger partial charge < -0.3 is 4.90 Å². The first-order chi connectivity index (χ1) is 6.29. The van der Waals surface area contributed by atoms with E-state index >= 15 is 0 Å². The van der Waals surface area contributed by atoms with E-state index in [1.807, 2.05) is 0 Å². The van der Waals surface area contributed by atoms with Gasteiger partial charge in [-0.1, -0.05) is 0 Å². The molecule has 0 saturated carbocycles. The fraction of sp³-hybridized carbons (Fsp3) is 0.778. The molecule has 2 rings (SSSR count). The molecular weight excluding hydrogens is 164 g/mol. The maximum Gasteiger partial charge on any atom is 0.221 e. The first-order valence-electron chi connectivity index (χ1n) is 4.92. The second-order valence-corrected chi connectivity index (χ2v) is 3.85. The van der Waals surface area contributed by atoms with Crippen LogP contribution >= 0.6 is 0 Å². The van der Waals surface area contributed by atoms with Crippen LogP contribution in [-0.4, -0.2) is 27.3 Å². The van der Waals surface area contributed by atoms with Crippen molar-refractivity contribution in [3.8, 4) is 0 Å². The van der Waals surface area contributed by atoms with Gasteiger partial charge >= 0.3 is 0 Å². The molecule has 0 amide bonds. The minimum absolute atomic E-state index is 0.580. The number of aromatic nitrogens is 3. The highest BCUT2D eigenvalue weighted by Crippen LogP contribution is 2.25. The van der Waals surface area contributed by atoms with E-state index < -0.39 is 0 Å². The Morgan fingerprint density at radius 3 is 2.62 bits per heavy atom. The second kappa shape index (κ2) is 3.36. The van der Waals surface area contributed by atoms with Gasteiger partial charge in [0.2, 0.25) is 5.95 Å². The van der Waals surface area contributed by atoms with Crippen LogP contribution in [0.25, 0.3) is 0 Å². The lowest BCUT2D eigenvalue weighted by Crippen LogP contribution is -2.44. The van der Waals surface area contributed by atoms with E-state index in [1.54, 1.807) is 6.33 Å². The van der Waals surface area contributed by atoms with Crippen LogP contribution in [0.5, 0.6) is 0 Å². The van der Waals surface area contributed by atoms with Crippen molar-refractivity contribution >= 4 is 5.95 Å².